The van der Waals surface area contributed by atoms with Gasteiger partial charge < -0.3 is 5.11 Å². The van der Waals surface area contributed by atoms with Crippen molar-refractivity contribution in [3.63, 3.8) is 0 Å². The van der Waals surface area contributed by atoms with Crippen LogP contribution in [0.4, 0.5) is 0 Å². The van der Waals surface area contributed by atoms with Crippen LogP contribution < -0.4 is 0 Å². The van der Waals surface area contributed by atoms with Gasteiger partial charge in [0.05, 0.1) is 0 Å². The lowest BCUT2D eigenvalue weighted by Gasteiger charge is -2.32. The van der Waals surface area contributed by atoms with Crippen LogP contribution in [0.5, 0.6) is 0 Å². The minimum absolute atomic E-state index is 0.685. The van der Waals surface area contributed by atoms with E-state index in [2.05, 4.69) is 24.3 Å². The highest BCUT2D eigenvalue weighted by Crippen LogP contribution is 2.42. The second-order valence-electron chi connectivity index (χ2n) is 8.08. The summed E-state index contributed by atoms with van der Waals surface area (Å²) >= 11 is 6.15. The molecule has 5 aromatic rings. The third-order valence-electron chi connectivity index (χ3n) is 6.05. The van der Waals surface area contributed by atoms with Crippen LogP contribution in [0.3, 0.4) is 0 Å². The van der Waals surface area contributed by atoms with Crippen LogP contribution in [0, 0.1) is 0 Å². The van der Waals surface area contributed by atoms with E-state index in [0.717, 1.165) is 38.9 Å². The summed E-state index contributed by atoms with van der Waals surface area (Å²) in [5.74, 6) is 0. The Balaban J connectivity index is 1.75. The molecule has 0 bridgehead atoms. The number of aliphatic hydroxyl groups is 1. The zero-order valence-corrected chi connectivity index (χ0v) is 18.8. The third kappa shape index (κ3) is 4.09. The van der Waals surface area contributed by atoms with Crippen LogP contribution in [-0.2, 0) is 5.60 Å². The highest BCUT2D eigenvalue weighted by atomic mass is 35.5. The largest absolute Gasteiger partial charge is 0.376 e. The molecule has 0 fully saturated rings. The van der Waals surface area contributed by atoms with Gasteiger partial charge in [0.2, 0.25) is 0 Å². The molecule has 0 radical (unpaired) electrons. The summed E-state index contributed by atoms with van der Waals surface area (Å²) in [6.45, 7) is 0. The fraction of sp³-hybridized carbons (Fsp3) is 0.0323. The number of halogens is 1. The Hall–Kier alpha value is -3.65. The van der Waals surface area contributed by atoms with Crippen molar-refractivity contribution < 1.29 is 5.11 Å². The van der Waals surface area contributed by atoms with Crippen LogP contribution in [0.2, 0.25) is 5.02 Å². The van der Waals surface area contributed by atoms with Crippen LogP contribution in [0.15, 0.2) is 133 Å². The Labute approximate surface area is 199 Å². The van der Waals surface area contributed by atoms with Gasteiger partial charge in [0.1, 0.15) is 5.60 Å². The number of rotatable bonds is 5. The SMILES string of the molecule is OC(c1ccccc1)(c1cccc(-c2ccccc2)c1)c1ccccc1-c1ccc(Cl)cc1. The van der Waals surface area contributed by atoms with Gasteiger partial charge in [0.15, 0.2) is 0 Å². The molecule has 1 nitrogen and oxygen atoms in total. The molecule has 1 N–H and O–H groups in total. The average molecular weight is 447 g/mol. The minimum atomic E-state index is -1.34. The first-order valence-electron chi connectivity index (χ1n) is 11.0. The maximum atomic E-state index is 12.6. The molecule has 160 valence electrons. The fourth-order valence-electron chi connectivity index (χ4n) is 4.39. The highest BCUT2D eigenvalue weighted by Gasteiger charge is 2.36. The molecular weight excluding hydrogens is 424 g/mol. The first-order valence-corrected chi connectivity index (χ1v) is 11.3. The van der Waals surface area contributed by atoms with E-state index in [4.69, 9.17) is 11.6 Å². The monoisotopic (exact) mass is 446 g/mol. The molecule has 0 aromatic heterocycles. The van der Waals surface area contributed by atoms with Crippen molar-refractivity contribution >= 4 is 11.6 Å². The molecule has 5 aromatic carbocycles. The molecule has 1 atom stereocenters. The normalized spacial score (nSPS) is 12.8. The Morgan fingerprint density at radius 1 is 0.485 bits per heavy atom. The Bertz CT molecular complexity index is 1360. The average Bonchev–Trinajstić information content (AvgIpc) is 2.90. The van der Waals surface area contributed by atoms with Crippen molar-refractivity contribution in [1.82, 2.24) is 0 Å². The Kier molecular flexibility index (Phi) is 5.83. The second kappa shape index (κ2) is 9.07. The molecule has 1 unspecified atom stereocenters. The van der Waals surface area contributed by atoms with E-state index in [1.807, 2.05) is 109 Å². The van der Waals surface area contributed by atoms with Gasteiger partial charge in [-0.1, -0.05) is 127 Å². The molecule has 0 aliphatic carbocycles. The Morgan fingerprint density at radius 3 is 1.79 bits per heavy atom. The van der Waals surface area contributed by atoms with Crippen LogP contribution in [0.1, 0.15) is 16.7 Å². The lowest BCUT2D eigenvalue weighted by Crippen LogP contribution is -2.29. The number of benzene rings is 5. The zero-order valence-electron chi connectivity index (χ0n) is 18.0. The van der Waals surface area contributed by atoms with Crippen LogP contribution in [0.25, 0.3) is 22.3 Å². The molecule has 0 aliphatic heterocycles. The first-order chi connectivity index (χ1) is 16.2. The predicted octanol–water partition coefficient (Wildman–Crippen LogP) is 7.96. The summed E-state index contributed by atoms with van der Waals surface area (Å²) in [5.41, 5.74) is 5.25. The molecule has 5 rings (SSSR count). The van der Waals surface area contributed by atoms with Crippen LogP contribution in [-0.4, -0.2) is 5.11 Å². The molecule has 0 saturated heterocycles. The topological polar surface area (TPSA) is 20.2 Å². The molecule has 0 spiro atoms. The summed E-state index contributed by atoms with van der Waals surface area (Å²) in [6, 6.07) is 44.0. The summed E-state index contributed by atoms with van der Waals surface area (Å²) in [7, 11) is 0. The van der Waals surface area contributed by atoms with Gasteiger partial charge in [-0.25, -0.2) is 0 Å². The highest BCUT2D eigenvalue weighted by molar-refractivity contribution is 6.30. The summed E-state index contributed by atoms with van der Waals surface area (Å²) in [6.07, 6.45) is 0. The van der Waals surface area contributed by atoms with E-state index in [9.17, 15) is 5.11 Å². The van der Waals surface area contributed by atoms with Crippen molar-refractivity contribution in [2.24, 2.45) is 0 Å². The molecule has 0 aliphatic rings. The van der Waals surface area contributed by atoms with Gasteiger partial charge in [-0.15, -0.1) is 0 Å². The predicted molar refractivity (Wildman–Crippen MR) is 137 cm³/mol. The van der Waals surface area contributed by atoms with Gasteiger partial charge in [0.25, 0.3) is 0 Å². The van der Waals surface area contributed by atoms with E-state index in [1.54, 1.807) is 0 Å². The maximum absolute atomic E-state index is 12.6. The van der Waals surface area contributed by atoms with Gasteiger partial charge in [-0.3, -0.25) is 0 Å². The summed E-state index contributed by atoms with van der Waals surface area (Å²) in [4.78, 5) is 0. The van der Waals surface area contributed by atoms with Crippen molar-refractivity contribution in [3.8, 4) is 22.3 Å². The second-order valence-corrected chi connectivity index (χ2v) is 8.51. The van der Waals surface area contributed by atoms with Crippen molar-refractivity contribution in [3.05, 3.63) is 155 Å². The van der Waals surface area contributed by atoms with Crippen LogP contribution >= 0.6 is 11.6 Å². The standard InChI is InChI=1S/C31H23ClO/c32-28-20-18-24(19-21-28)29-16-7-8-17-30(29)31(33,26-13-5-2-6-14-26)27-15-9-12-25(22-27)23-10-3-1-4-11-23/h1-22,33H. The van der Waals surface area contributed by atoms with E-state index in [-0.39, 0.29) is 0 Å². The minimum Gasteiger partial charge on any atom is -0.376 e. The molecule has 0 amide bonds. The van der Waals surface area contributed by atoms with E-state index >= 15 is 0 Å². The molecule has 2 heteroatoms. The first kappa shape index (κ1) is 21.2. The van der Waals surface area contributed by atoms with E-state index in [1.165, 1.54) is 0 Å². The van der Waals surface area contributed by atoms with Gasteiger partial charge >= 0.3 is 0 Å². The third-order valence-corrected chi connectivity index (χ3v) is 6.30. The summed E-state index contributed by atoms with van der Waals surface area (Å²) in [5, 5.41) is 13.3. The molecule has 0 saturated carbocycles. The molecular formula is C31H23ClO. The molecule has 0 heterocycles. The van der Waals surface area contributed by atoms with E-state index < -0.39 is 5.60 Å². The lowest BCUT2D eigenvalue weighted by molar-refractivity contribution is 0.126. The van der Waals surface area contributed by atoms with Gasteiger partial charge in [0, 0.05) is 10.6 Å². The van der Waals surface area contributed by atoms with Gasteiger partial charge in [-0.2, -0.15) is 0 Å². The number of hydrogen-bond donors (Lipinski definition) is 1. The number of hydrogen-bond acceptors (Lipinski definition) is 1. The smallest absolute Gasteiger partial charge is 0.141 e. The fourth-order valence-corrected chi connectivity index (χ4v) is 4.52. The van der Waals surface area contributed by atoms with Crippen molar-refractivity contribution in [2.75, 3.05) is 0 Å². The van der Waals surface area contributed by atoms with Crippen molar-refractivity contribution in [2.45, 2.75) is 5.60 Å². The summed E-state index contributed by atoms with van der Waals surface area (Å²) < 4.78 is 0. The van der Waals surface area contributed by atoms with E-state index in [0.29, 0.717) is 5.02 Å². The quantitative estimate of drug-likeness (QED) is 0.271. The zero-order chi connectivity index (χ0) is 22.7. The maximum Gasteiger partial charge on any atom is 0.141 e. The Morgan fingerprint density at radius 2 is 1.06 bits per heavy atom. The molecule has 33 heavy (non-hydrogen) atoms. The van der Waals surface area contributed by atoms with Crippen molar-refractivity contribution in [1.29, 1.82) is 0 Å². The van der Waals surface area contributed by atoms with Gasteiger partial charge in [-0.05, 0) is 51.6 Å². The lowest BCUT2D eigenvalue weighted by atomic mass is 9.76.